The molecule has 0 radical (unpaired) electrons. The van der Waals surface area contributed by atoms with Gasteiger partial charge in [0.2, 0.25) is 6.79 Å². The maximum absolute atomic E-state index is 12.1. The van der Waals surface area contributed by atoms with E-state index in [0.29, 0.717) is 17.2 Å². The molecule has 1 aliphatic heterocycles. The molecule has 0 atom stereocenters. The summed E-state index contributed by atoms with van der Waals surface area (Å²) >= 11 is 8.13. The number of rotatable bonds is 3. The zero-order chi connectivity index (χ0) is 14.1. The van der Waals surface area contributed by atoms with E-state index in [2.05, 4.69) is 37.2 Å². The molecule has 1 aromatic carbocycles. The lowest BCUT2D eigenvalue weighted by atomic mass is 10.2. The number of carbonyl (C=O) groups excluding carboxylic acids is 1. The van der Waals surface area contributed by atoms with Gasteiger partial charge in [0.1, 0.15) is 0 Å². The minimum absolute atomic E-state index is 0.113. The Bertz CT molecular complexity index is 652. The van der Waals surface area contributed by atoms with Gasteiger partial charge in [0.25, 0.3) is 5.91 Å². The highest BCUT2D eigenvalue weighted by Crippen LogP contribution is 2.35. The van der Waals surface area contributed by atoms with Crippen LogP contribution in [0.5, 0.6) is 11.5 Å². The van der Waals surface area contributed by atoms with Gasteiger partial charge in [0.05, 0.1) is 8.66 Å². The number of thiophene rings is 1. The number of nitrogens with one attached hydrogen (secondary N) is 1. The van der Waals surface area contributed by atoms with Crippen molar-refractivity contribution in [2.75, 3.05) is 6.79 Å². The molecule has 0 bridgehead atoms. The van der Waals surface area contributed by atoms with Crippen LogP contribution >= 0.6 is 43.2 Å². The summed E-state index contributed by atoms with van der Waals surface area (Å²) in [7, 11) is 0. The van der Waals surface area contributed by atoms with E-state index in [1.54, 1.807) is 6.07 Å². The van der Waals surface area contributed by atoms with Crippen molar-refractivity contribution in [3.63, 3.8) is 0 Å². The van der Waals surface area contributed by atoms with Crippen LogP contribution in [0.15, 0.2) is 32.5 Å². The molecule has 104 valence electrons. The molecule has 20 heavy (non-hydrogen) atoms. The topological polar surface area (TPSA) is 47.6 Å². The van der Waals surface area contributed by atoms with Crippen molar-refractivity contribution in [1.29, 1.82) is 0 Å². The van der Waals surface area contributed by atoms with Gasteiger partial charge in [-0.25, -0.2) is 0 Å². The molecule has 0 unspecified atom stereocenters. The highest BCUT2D eigenvalue weighted by Gasteiger charge is 2.18. The van der Waals surface area contributed by atoms with Crippen LogP contribution < -0.4 is 14.8 Å². The van der Waals surface area contributed by atoms with Gasteiger partial charge in [0, 0.05) is 16.6 Å². The lowest BCUT2D eigenvalue weighted by Gasteiger charge is -2.06. The maximum atomic E-state index is 12.1. The molecule has 1 amide bonds. The minimum Gasteiger partial charge on any atom is -0.454 e. The first-order chi connectivity index (χ1) is 9.65. The van der Waals surface area contributed by atoms with Crippen molar-refractivity contribution in [3.8, 4) is 11.5 Å². The number of carbonyl (C=O) groups is 1. The van der Waals surface area contributed by atoms with E-state index >= 15 is 0 Å². The van der Waals surface area contributed by atoms with Crippen molar-refractivity contribution in [2.45, 2.75) is 6.54 Å². The number of hydrogen-bond acceptors (Lipinski definition) is 4. The summed E-state index contributed by atoms with van der Waals surface area (Å²) < 4.78 is 12.5. The summed E-state index contributed by atoms with van der Waals surface area (Å²) in [6, 6.07) is 7.43. The Morgan fingerprint density at radius 2 is 2.20 bits per heavy atom. The largest absolute Gasteiger partial charge is 0.454 e. The van der Waals surface area contributed by atoms with E-state index in [0.717, 1.165) is 19.6 Å². The number of hydrogen-bond donors (Lipinski definition) is 1. The van der Waals surface area contributed by atoms with Crippen LogP contribution in [-0.2, 0) is 6.54 Å². The Kier molecular flexibility index (Phi) is 4.00. The van der Waals surface area contributed by atoms with E-state index in [9.17, 15) is 4.79 Å². The summed E-state index contributed by atoms with van der Waals surface area (Å²) in [5.74, 6) is 1.32. The van der Waals surface area contributed by atoms with Crippen molar-refractivity contribution < 1.29 is 14.3 Å². The second-order valence-electron chi connectivity index (χ2n) is 4.07. The molecule has 0 saturated heterocycles. The first-order valence-electron chi connectivity index (χ1n) is 5.75. The van der Waals surface area contributed by atoms with E-state index < -0.39 is 0 Å². The monoisotopic (exact) mass is 417 g/mol. The van der Waals surface area contributed by atoms with Gasteiger partial charge in [-0.1, -0.05) is 12.1 Å². The molecule has 0 saturated carbocycles. The molecular weight excluding hydrogens is 410 g/mol. The van der Waals surface area contributed by atoms with Crippen LogP contribution in [-0.4, -0.2) is 12.7 Å². The van der Waals surface area contributed by atoms with Crippen molar-refractivity contribution in [3.05, 3.63) is 43.0 Å². The first-order valence-corrected chi connectivity index (χ1v) is 8.16. The average molecular weight is 419 g/mol. The van der Waals surface area contributed by atoms with Gasteiger partial charge in [0.15, 0.2) is 11.5 Å². The minimum atomic E-state index is -0.113. The van der Waals surface area contributed by atoms with Crippen LogP contribution in [0, 0.1) is 0 Å². The van der Waals surface area contributed by atoms with E-state index in [4.69, 9.17) is 9.47 Å². The predicted molar refractivity (Wildman–Crippen MR) is 83.5 cm³/mol. The zero-order valence-corrected chi connectivity index (χ0v) is 14.1. The number of para-hydroxylation sites is 1. The third-order valence-corrected chi connectivity index (χ3v) is 6.04. The fourth-order valence-electron chi connectivity index (χ4n) is 1.85. The third-order valence-electron chi connectivity index (χ3n) is 2.79. The van der Waals surface area contributed by atoms with E-state index in [1.165, 1.54) is 11.3 Å². The standard InChI is InChI=1S/C13H9Br2NO3S/c14-8-4-10(20-12(8)15)13(17)16-5-7-2-1-3-9-11(7)19-6-18-9/h1-4H,5-6H2,(H,16,17). The van der Waals surface area contributed by atoms with Crippen LogP contribution in [0.1, 0.15) is 15.2 Å². The predicted octanol–water partition coefficient (Wildman–Crippen LogP) is 3.93. The maximum Gasteiger partial charge on any atom is 0.261 e. The third kappa shape index (κ3) is 2.70. The molecule has 7 heteroatoms. The van der Waals surface area contributed by atoms with Crippen LogP contribution in [0.2, 0.25) is 0 Å². The normalized spacial score (nSPS) is 12.5. The van der Waals surface area contributed by atoms with E-state index in [-0.39, 0.29) is 12.7 Å². The molecule has 3 rings (SSSR count). The van der Waals surface area contributed by atoms with Crippen LogP contribution in [0.4, 0.5) is 0 Å². The second-order valence-corrected chi connectivity index (χ2v) is 7.29. The van der Waals surface area contributed by atoms with Gasteiger partial charge in [-0.3, -0.25) is 4.79 Å². The molecule has 2 heterocycles. The van der Waals surface area contributed by atoms with Crippen LogP contribution in [0.25, 0.3) is 0 Å². The van der Waals surface area contributed by atoms with Crippen molar-refractivity contribution >= 4 is 49.1 Å². The fraction of sp³-hybridized carbons (Fsp3) is 0.154. The molecule has 1 aliphatic rings. The Balaban J connectivity index is 1.71. The Labute approximate surface area is 136 Å². The average Bonchev–Trinajstić information content (AvgIpc) is 3.03. The van der Waals surface area contributed by atoms with Gasteiger partial charge in [-0.15, -0.1) is 11.3 Å². The number of halogens is 2. The lowest BCUT2D eigenvalue weighted by Crippen LogP contribution is -2.21. The number of benzene rings is 1. The van der Waals surface area contributed by atoms with Gasteiger partial charge in [-0.05, 0) is 44.0 Å². The Morgan fingerprint density at radius 1 is 1.35 bits per heavy atom. The zero-order valence-electron chi connectivity index (χ0n) is 10.1. The lowest BCUT2D eigenvalue weighted by molar-refractivity contribution is 0.0954. The molecule has 4 nitrogen and oxygen atoms in total. The summed E-state index contributed by atoms with van der Waals surface area (Å²) in [6.07, 6.45) is 0. The molecule has 0 fully saturated rings. The Hall–Kier alpha value is -1.05. The number of amides is 1. The summed E-state index contributed by atoms with van der Waals surface area (Å²) in [4.78, 5) is 12.7. The van der Waals surface area contributed by atoms with Crippen molar-refractivity contribution in [2.24, 2.45) is 0 Å². The molecular formula is C13H9Br2NO3S. The molecule has 2 aromatic rings. The highest BCUT2D eigenvalue weighted by molar-refractivity contribution is 9.13. The van der Waals surface area contributed by atoms with Gasteiger partial charge < -0.3 is 14.8 Å². The second kappa shape index (κ2) is 5.75. The molecule has 0 aliphatic carbocycles. The van der Waals surface area contributed by atoms with Crippen LogP contribution in [0.3, 0.4) is 0 Å². The summed E-state index contributed by atoms with van der Waals surface area (Å²) in [5, 5.41) is 2.88. The molecule has 0 spiro atoms. The highest BCUT2D eigenvalue weighted by atomic mass is 79.9. The quantitative estimate of drug-likeness (QED) is 0.821. The SMILES string of the molecule is O=C(NCc1cccc2c1OCO2)c1cc(Br)c(Br)s1. The van der Waals surface area contributed by atoms with E-state index in [1.807, 2.05) is 18.2 Å². The molecule has 1 aromatic heterocycles. The fourth-order valence-corrected chi connectivity index (χ4v) is 3.80. The smallest absolute Gasteiger partial charge is 0.261 e. The van der Waals surface area contributed by atoms with Crippen molar-refractivity contribution in [1.82, 2.24) is 5.32 Å². The van der Waals surface area contributed by atoms with Gasteiger partial charge >= 0.3 is 0 Å². The number of ether oxygens (including phenoxy) is 2. The summed E-state index contributed by atoms with van der Waals surface area (Å²) in [6.45, 7) is 0.629. The molecule has 1 N–H and O–H groups in total. The number of fused-ring (bicyclic) bond motifs is 1. The first kappa shape index (κ1) is 13.9. The Morgan fingerprint density at radius 3 is 2.95 bits per heavy atom. The summed E-state index contributed by atoms with van der Waals surface area (Å²) in [5.41, 5.74) is 0.906. The van der Waals surface area contributed by atoms with Gasteiger partial charge in [-0.2, -0.15) is 0 Å².